The summed E-state index contributed by atoms with van der Waals surface area (Å²) in [7, 11) is 0. The van der Waals surface area contributed by atoms with Crippen LogP contribution in [0.3, 0.4) is 0 Å². The zero-order chi connectivity index (χ0) is 20.4. The van der Waals surface area contributed by atoms with E-state index in [1.54, 1.807) is 30.3 Å². The third kappa shape index (κ3) is 3.94. The van der Waals surface area contributed by atoms with Crippen molar-refractivity contribution >= 4 is 16.7 Å². The molecular weight excluding hydrogens is 379 g/mol. The zero-order valence-corrected chi connectivity index (χ0v) is 15.4. The lowest BCUT2D eigenvalue weighted by Crippen LogP contribution is -2.23. The Morgan fingerprint density at radius 2 is 1.79 bits per heavy atom. The molecular formula is C22H18F3N3O. The van der Waals surface area contributed by atoms with E-state index in [2.05, 4.69) is 10.4 Å². The summed E-state index contributed by atoms with van der Waals surface area (Å²) in [5.74, 6) is 0.105. The van der Waals surface area contributed by atoms with Crippen LogP contribution in [-0.2, 0) is 6.54 Å². The van der Waals surface area contributed by atoms with Crippen molar-refractivity contribution in [1.29, 1.82) is 0 Å². The van der Waals surface area contributed by atoms with Crippen molar-refractivity contribution in [2.75, 3.05) is 5.32 Å². The lowest BCUT2D eigenvalue weighted by molar-refractivity contribution is -0.0935. The number of nitrogens with one attached hydrogen (secondary N) is 1. The van der Waals surface area contributed by atoms with Crippen LogP contribution in [0.25, 0.3) is 10.9 Å². The van der Waals surface area contributed by atoms with E-state index in [-0.39, 0.29) is 17.7 Å². The van der Waals surface area contributed by atoms with Crippen molar-refractivity contribution in [2.24, 2.45) is 0 Å². The molecule has 148 valence electrons. The van der Waals surface area contributed by atoms with Crippen LogP contribution in [0.1, 0.15) is 18.0 Å². The van der Waals surface area contributed by atoms with Gasteiger partial charge in [-0.1, -0.05) is 54.6 Å². The van der Waals surface area contributed by atoms with Crippen LogP contribution in [-0.4, -0.2) is 16.0 Å². The Labute approximate surface area is 165 Å². The molecule has 0 amide bonds. The van der Waals surface area contributed by atoms with Gasteiger partial charge in [0.2, 0.25) is 5.43 Å². The Bertz CT molecular complexity index is 1150. The molecule has 0 fully saturated rings. The average Bonchev–Trinajstić information content (AvgIpc) is 2.74. The lowest BCUT2D eigenvalue weighted by Gasteiger charge is -2.22. The molecule has 1 aliphatic rings. The van der Waals surface area contributed by atoms with Crippen LogP contribution in [0.15, 0.2) is 83.2 Å². The normalized spacial score (nSPS) is 16.7. The maximum absolute atomic E-state index is 13.2. The van der Waals surface area contributed by atoms with Crippen LogP contribution in [0, 0.1) is 0 Å². The quantitative estimate of drug-likeness (QED) is 0.631. The Morgan fingerprint density at radius 1 is 1.07 bits per heavy atom. The second kappa shape index (κ2) is 7.58. The zero-order valence-electron chi connectivity index (χ0n) is 15.4. The van der Waals surface area contributed by atoms with E-state index in [4.69, 9.17) is 0 Å². The molecule has 3 aromatic rings. The summed E-state index contributed by atoms with van der Waals surface area (Å²) in [5.41, 5.74) is 0.545. The van der Waals surface area contributed by atoms with Gasteiger partial charge in [-0.15, -0.1) is 5.10 Å². The number of alkyl halides is 3. The summed E-state index contributed by atoms with van der Waals surface area (Å²) in [4.78, 5) is 12.9. The minimum atomic E-state index is -4.40. The molecule has 0 spiro atoms. The van der Waals surface area contributed by atoms with Gasteiger partial charge in [0.15, 0.2) is 5.82 Å². The van der Waals surface area contributed by atoms with Crippen LogP contribution in [0.2, 0.25) is 0 Å². The molecule has 1 heterocycles. The summed E-state index contributed by atoms with van der Waals surface area (Å²) in [6, 6.07) is 15.6. The molecule has 1 N–H and O–H groups in total. The monoisotopic (exact) mass is 397 g/mol. The third-order valence-electron chi connectivity index (χ3n) is 4.81. The van der Waals surface area contributed by atoms with Gasteiger partial charge < -0.3 is 5.32 Å². The predicted octanol–water partition coefficient (Wildman–Crippen LogP) is 5.00. The molecule has 0 radical (unpaired) electrons. The molecule has 29 heavy (non-hydrogen) atoms. The van der Waals surface area contributed by atoms with Gasteiger partial charge in [0.1, 0.15) is 0 Å². The number of halogens is 3. The molecule has 0 bridgehead atoms. The van der Waals surface area contributed by atoms with Crippen molar-refractivity contribution in [3.8, 4) is 0 Å². The van der Waals surface area contributed by atoms with Gasteiger partial charge >= 0.3 is 6.18 Å². The maximum Gasteiger partial charge on any atom is 0.412 e. The van der Waals surface area contributed by atoms with Gasteiger partial charge in [0.25, 0.3) is 0 Å². The molecule has 4 nitrogen and oxygen atoms in total. The Balaban J connectivity index is 1.78. The van der Waals surface area contributed by atoms with E-state index < -0.39 is 17.8 Å². The van der Waals surface area contributed by atoms with Crippen molar-refractivity contribution in [2.45, 2.75) is 25.2 Å². The molecule has 2 aromatic carbocycles. The van der Waals surface area contributed by atoms with Crippen molar-refractivity contribution in [3.63, 3.8) is 0 Å². The topological polar surface area (TPSA) is 46.9 Å². The Morgan fingerprint density at radius 3 is 2.55 bits per heavy atom. The second-order valence-electron chi connectivity index (χ2n) is 6.79. The van der Waals surface area contributed by atoms with Crippen LogP contribution < -0.4 is 10.7 Å². The average molecular weight is 397 g/mol. The molecule has 1 atom stereocenters. The summed E-state index contributed by atoms with van der Waals surface area (Å²) >= 11 is 0. The van der Waals surface area contributed by atoms with Gasteiger partial charge in [0, 0.05) is 12.1 Å². The SMILES string of the molecule is O=c1c(NCc2ccccc2)nn(C2C=CCC(C(F)(F)F)=C2)c2ccccc12. The molecule has 0 saturated carbocycles. The minimum absolute atomic E-state index is 0.105. The van der Waals surface area contributed by atoms with Crippen molar-refractivity contribution in [3.05, 3.63) is 94.2 Å². The highest BCUT2D eigenvalue weighted by Gasteiger charge is 2.34. The first-order valence-electron chi connectivity index (χ1n) is 9.17. The highest BCUT2D eigenvalue weighted by molar-refractivity contribution is 5.81. The fourth-order valence-electron chi connectivity index (χ4n) is 3.35. The second-order valence-corrected chi connectivity index (χ2v) is 6.79. The molecule has 0 saturated heterocycles. The maximum atomic E-state index is 13.2. The highest BCUT2D eigenvalue weighted by Crippen LogP contribution is 2.34. The molecule has 7 heteroatoms. The molecule has 1 aromatic heterocycles. The Kier molecular flexibility index (Phi) is 4.96. The van der Waals surface area contributed by atoms with Crippen molar-refractivity contribution < 1.29 is 13.2 Å². The number of anilines is 1. The highest BCUT2D eigenvalue weighted by atomic mass is 19.4. The largest absolute Gasteiger partial charge is 0.412 e. The number of aromatic nitrogens is 2. The van der Waals surface area contributed by atoms with E-state index in [0.29, 0.717) is 17.4 Å². The van der Waals surface area contributed by atoms with Crippen molar-refractivity contribution in [1.82, 2.24) is 9.78 Å². The third-order valence-corrected chi connectivity index (χ3v) is 4.81. The number of rotatable bonds is 4. The summed E-state index contributed by atoms with van der Waals surface area (Å²) in [6.07, 6.45) is -0.256. The summed E-state index contributed by atoms with van der Waals surface area (Å²) in [5, 5.41) is 7.82. The first kappa shape index (κ1) is 19.0. The number of benzene rings is 2. The van der Waals surface area contributed by atoms with Gasteiger partial charge in [-0.25, -0.2) is 0 Å². The van der Waals surface area contributed by atoms with E-state index in [1.165, 1.54) is 10.8 Å². The van der Waals surface area contributed by atoms with Crippen LogP contribution >= 0.6 is 0 Å². The van der Waals surface area contributed by atoms with Crippen LogP contribution in [0.4, 0.5) is 19.0 Å². The first-order chi connectivity index (χ1) is 13.9. The van der Waals surface area contributed by atoms with E-state index >= 15 is 0 Å². The van der Waals surface area contributed by atoms with E-state index in [1.807, 2.05) is 30.3 Å². The predicted molar refractivity (Wildman–Crippen MR) is 107 cm³/mol. The summed E-state index contributed by atoms with van der Waals surface area (Å²) in [6.45, 7) is 0.381. The first-order valence-corrected chi connectivity index (χ1v) is 9.17. The van der Waals surface area contributed by atoms with E-state index in [9.17, 15) is 18.0 Å². The number of para-hydroxylation sites is 1. The van der Waals surface area contributed by atoms with Gasteiger partial charge in [-0.05, 0) is 30.2 Å². The van der Waals surface area contributed by atoms with Gasteiger partial charge in [0.05, 0.1) is 16.9 Å². The lowest BCUT2D eigenvalue weighted by atomic mass is 10.0. The number of hydrogen-bond donors (Lipinski definition) is 1. The number of nitrogens with zero attached hydrogens (tertiary/aromatic N) is 2. The Hall–Kier alpha value is -3.35. The molecule has 1 unspecified atom stereocenters. The minimum Gasteiger partial charge on any atom is -0.361 e. The number of hydrogen-bond acceptors (Lipinski definition) is 3. The van der Waals surface area contributed by atoms with Gasteiger partial charge in [-0.2, -0.15) is 13.2 Å². The number of allylic oxidation sites excluding steroid dienone is 4. The fraction of sp³-hybridized carbons (Fsp3) is 0.182. The number of fused-ring (bicyclic) bond motifs is 1. The summed E-state index contributed by atoms with van der Waals surface area (Å²) < 4.78 is 41.1. The van der Waals surface area contributed by atoms with E-state index in [0.717, 1.165) is 11.6 Å². The smallest absolute Gasteiger partial charge is 0.361 e. The molecule has 0 aliphatic heterocycles. The fourth-order valence-corrected chi connectivity index (χ4v) is 3.35. The molecule has 4 rings (SSSR count). The van der Waals surface area contributed by atoms with Gasteiger partial charge in [-0.3, -0.25) is 9.48 Å². The van der Waals surface area contributed by atoms with Crippen LogP contribution in [0.5, 0.6) is 0 Å². The standard InChI is InChI=1S/C22H18F3N3O/c23-22(24,25)16-9-6-10-17(13-16)28-19-12-5-4-11-18(19)20(29)21(27-28)26-14-15-7-2-1-3-8-15/h1-8,10-13,17H,9,14H2,(H,26,27). The molecule has 1 aliphatic carbocycles.